The minimum atomic E-state index is -1.01. The minimum Gasteiger partial charge on any atom is -0.433 e. The predicted molar refractivity (Wildman–Crippen MR) is 37.6 cm³/mol. The van der Waals surface area contributed by atoms with Crippen LogP contribution in [0.1, 0.15) is 13.8 Å². The van der Waals surface area contributed by atoms with Crippen LogP contribution in [-0.2, 0) is 14.2 Å². The summed E-state index contributed by atoms with van der Waals surface area (Å²) >= 11 is 0. The third-order valence-corrected chi connectivity index (χ3v) is 1.33. The fraction of sp³-hybridized carbons (Fsp3) is 0.714. The Bertz CT molecular complexity index is 188. The lowest BCUT2D eigenvalue weighted by atomic mass is 9.96. The monoisotopic (exact) mass is 174 g/mol. The Morgan fingerprint density at radius 1 is 1.08 bits per heavy atom. The van der Waals surface area contributed by atoms with Gasteiger partial charge in [-0.2, -0.15) is 0 Å². The van der Waals surface area contributed by atoms with Gasteiger partial charge < -0.3 is 14.2 Å². The van der Waals surface area contributed by atoms with Crippen LogP contribution in [0.25, 0.3) is 0 Å². The van der Waals surface area contributed by atoms with Gasteiger partial charge in [-0.05, 0) is 0 Å². The van der Waals surface area contributed by atoms with E-state index in [1.807, 2.05) is 13.8 Å². The molecule has 0 saturated carbocycles. The number of carbonyl (C=O) groups is 2. The molecule has 0 unspecified atom stereocenters. The van der Waals surface area contributed by atoms with Crippen molar-refractivity contribution in [3.05, 3.63) is 0 Å². The number of hydrogen-bond donors (Lipinski definition) is 0. The molecule has 1 aliphatic heterocycles. The molecule has 1 rings (SSSR count). The summed E-state index contributed by atoms with van der Waals surface area (Å²) in [4.78, 5) is 21.2. The zero-order chi connectivity index (χ0) is 9.19. The normalized spacial score (nSPS) is 22.8. The van der Waals surface area contributed by atoms with Crippen molar-refractivity contribution < 1.29 is 23.8 Å². The lowest BCUT2D eigenvalue weighted by Crippen LogP contribution is -2.33. The van der Waals surface area contributed by atoms with Crippen LogP contribution < -0.4 is 0 Å². The SMILES string of the molecule is CC1(C)COC(=O)OC(=O)OC1. The molecule has 1 heterocycles. The van der Waals surface area contributed by atoms with Crippen LogP contribution in [-0.4, -0.2) is 25.5 Å². The highest BCUT2D eigenvalue weighted by Crippen LogP contribution is 2.18. The molecule has 0 amide bonds. The molecular formula is C7H10O5. The lowest BCUT2D eigenvalue weighted by molar-refractivity contribution is -0.0292. The van der Waals surface area contributed by atoms with Crippen LogP contribution in [0, 0.1) is 5.41 Å². The summed E-state index contributed by atoms with van der Waals surface area (Å²) in [5, 5.41) is 0. The van der Waals surface area contributed by atoms with E-state index in [2.05, 4.69) is 14.2 Å². The molecule has 0 spiro atoms. The molecule has 5 nitrogen and oxygen atoms in total. The van der Waals surface area contributed by atoms with E-state index in [9.17, 15) is 9.59 Å². The van der Waals surface area contributed by atoms with E-state index in [4.69, 9.17) is 0 Å². The number of rotatable bonds is 0. The molecule has 5 heteroatoms. The molecule has 1 fully saturated rings. The van der Waals surface area contributed by atoms with Gasteiger partial charge in [0.05, 0.1) is 0 Å². The first-order valence-corrected chi connectivity index (χ1v) is 3.51. The fourth-order valence-electron chi connectivity index (χ4n) is 0.677. The Kier molecular flexibility index (Phi) is 2.21. The highest BCUT2D eigenvalue weighted by Gasteiger charge is 2.27. The topological polar surface area (TPSA) is 61.8 Å². The smallest absolute Gasteiger partial charge is 0.433 e. The van der Waals surface area contributed by atoms with Crippen molar-refractivity contribution in [3.8, 4) is 0 Å². The molecule has 0 N–H and O–H groups in total. The van der Waals surface area contributed by atoms with E-state index in [0.717, 1.165) is 0 Å². The van der Waals surface area contributed by atoms with Gasteiger partial charge in [0, 0.05) is 5.41 Å². The van der Waals surface area contributed by atoms with Crippen LogP contribution in [0.2, 0.25) is 0 Å². The quantitative estimate of drug-likeness (QED) is 0.409. The van der Waals surface area contributed by atoms with Gasteiger partial charge in [0.15, 0.2) is 0 Å². The fourth-order valence-corrected chi connectivity index (χ4v) is 0.677. The Labute approximate surface area is 69.6 Å². The van der Waals surface area contributed by atoms with Crippen molar-refractivity contribution >= 4 is 12.3 Å². The molecule has 1 aliphatic rings. The molecule has 0 aromatic carbocycles. The summed E-state index contributed by atoms with van der Waals surface area (Å²) < 4.78 is 13.3. The molecule has 1 saturated heterocycles. The summed E-state index contributed by atoms with van der Waals surface area (Å²) in [6.07, 6.45) is -2.01. The van der Waals surface area contributed by atoms with Crippen molar-refractivity contribution in [1.29, 1.82) is 0 Å². The van der Waals surface area contributed by atoms with Crippen molar-refractivity contribution in [1.82, 2.24) is 0 Å². The van der Waals surface area contributed by atoms with Crippen molar-refractivity contribution in [2.75, 3.05) is 13.2 Å². The van der Waals surface area contributed by atoms with Crippen molar-refractivity contribution in [3.63, 3.8) is 0 Å². The molecule has 0 radical (unpaired) electrons. The van der Waals surface area contributed by atoms with Gasteiger partial charge in [0.25, 0.3) is 0 Å². The Morgan fingerprint density at radius 3 is 1.92 bits per heavy atom. The molecule has 0 atom stereocenters. The zero-order valence-corrected chi connectivity index (χ0v) is 6.96. The van der Waals surface area contributed by atoms with Gasteiger partial charge in [-0.25, -0.2) is 9.59 Å². The highest BCUT2D eigenvalue weighted by molar-refractivity contribution is 5.77. The van der Waals surface area contributed by atoms with E-state index in [1.54, 1.807) is 0 Å². The van der Waals surface area contributed by atoms with E-state index in [-0.39, 0.29) is 18.6 Å². The van der Waals surface area contributed by atoms with Crippen LogP contribution >= 0.6 is 0 Å². The Hall–Kier alpha value is -1.26. The van der Waals surface area contributed by atoms with Gasteiger partial charge in [0.2, 0.25) is 0 Å². The summed E-state index contributed by atoms with van der Waals surface area (Å²) in [7, 11) is 0. The third-order valence-electron chi connectivity index (χ3n) is 1.33. The number of carbonyl (C=O) groups excluding carboxylic acids is 2. The summed E-state index contributed by atoms with van der Waals surface area (Å²) in [6.45, 7) is 4.00. The van der Waals surface area contributed by atoms with E-state index in [1.165, 1.54) is 0 Å². The van der Waals surface area contributed by atoms with Gasteiger partial charge >= 0.3 is 12.3 Å². The van der Waals surface area contributed by atoms with Gasteiger partial charge in [-0.1, -0.05) is 13.8 Å². The lowest BCUT2D eigenvalue weighted by Gasteiger charge is -2.24. The molecule has 0 aromatic heterocycles. The maximum Gasteiger partial charge on any atom is 0.518 e. The predicted octanol–water partition coefficient (Wildman–Crippen LogP) is 1.32. The first kappa shape index (κ1) is 8.83. The molecule has 0 aromatic rings. The van der Waals surface area contributed by atoms with Gasteiger partial charge in [-0.3, -0.25) is 0 Å². The Balaban J connectivity index is 2.59. The maximum atomic E-state index is 10.6. The first-order valence-electron chi connectivity index (χ1n) is 3.51. The van der Waals surface area contributed by atoms with Gasteiger partial charge in [-0.15, -0.1) is 0 Å². The summed E-state index contributed by atoms with van der Waals surface area (Å²) in [5.74, 6) is 0. The van der Waals surface area contributed by atoms with Crippen molar-refractivity contribution in [2.24, 2.45) is 5.41 Å². The number of ether oxygens (including phenoxy) is 3. The third kappa shape index (κ3) is 2.41. The average molecular weight is 174 g/mol. The minimum absolute atomic E-state index is 0.180. The Morgan fingerprint density at radius 2 is 1.50 bits per heavy atom. The standard InChI is InChI=1S/C7H10O5/c1-7(2)3-10-5(8)12-6(9)11-4-7/h3-4H2,1-2H3. The zero-order valence-electron chi connectivity index (χ0n) is 6.96. The highest BCUT2D eigenvalue weighted by atomic mass is 16.8. The largest absolute Gasteiger partial charge is 0.518 e. The molecule has 0 bridgehead atoms. The molecular weight excluding hydrogens is 164 g/mol. The van der Waals surface area contributed by atoms with E-state index < -0.39 is 12.3 Å². The van der Waals surface area contributed by atoms with Crippen LogP contribution in [0.4, 0.5) is 9.59 Å². The summed E-state index contributed by atoms with van der Waals surface area (Å²) in [5.41, 5.74) is -0.352. The second-order valence-corrected chi connectivity index (χ2v) is 3.34. The van der Waals surface area contributed by atoms with E-state index in [0.29, 0.717) is 0 Å². The van der Waals surface area contributed by atoms with Crippen molar-refractivity contribution in [2.45, 2.75) is 13.8 Å². The van der Waals surface area contributed by atoms with Gasteiger partial charge in [0.1, 0.15) is 13.2 Å². The number of cyclic esters (lactones) is 4. The second-order valence-electron chi connectivity index (χ2n) is 3.34. The maximum absolute atomic E-state index is 10.6. The molecule has 12 heavy (non-hydrogen) atoms. The van der Waals surface area contributed by atoms with Crippen LogP contribution in [0.5, 0.6) is 0 Å². The van der Waals surface area contributed by atoms with Crippen LogP contribution in [0.3, 0.4) is 0 Å². The molecule has 68 valence electrons. The second kappa shape index (κ2) is 3.00. The van der Waals surface area contributed by atoms with Crippen LogP contribution in [0.15, 0.2) is 0 Å². The molecule has 0 aliphatic carbocycles. The average Bonchev–Trinajstić information content (AvgIpc) is 1.96. The number of hydrogen-bond acceptors (Lipinski definition) is 5. The summed E-state index contributed by atoms with van der Waals surface area (Å²) in [6, 6.07) is 0. The first-order chi connectivity index (χ1) is 5.49. The van der Waals surface area contributed by atoms with E-state index >= 15 is 0 Å².